The number of carbonyl (C=O) groups is 2. The SMILES string of the molecule is CC(=O)c1cccc(S(=O)(=O)NCCC(=O)NC(C)c2ccc(F)cc2F)c1. The second-order valence-corrected chi connectivity index (χ2v) is 7.95. The van der Waals surface area contributed by atoms with E-state index in [1.165, 1.54) is 44.2 Å². The summed E-state index contributed by atoms with van der Waals surface area (Å²) in [5.41, 5.74) is 0.382. The van der Waals surface area contributed by atoms with Gasteiger partial charge in [-0.25, -0.2) is 21.9 Å². The largest absolute Gasteiger partial charge is 0.349 e. The maximum Gasteiger partial charge on any atom is 0.240 e. The molecule has 6 nitrogen and oxygen atoms in total. The van der Waals surface area contributed by atoms with Crippen LogP contribution in [-0.2, 0) is 14.8 Å². The summed E-state index contributed by atoms with van der Waals surface area (Å²) in [6, 6.07) is 7.89. The second kappa shape index (κ2) is 9.03. The molecule has 0 saturated carbocycles. The average molecular weight is 410 g/mol. The summed E-state index contributed by atoms with van der Waals surface area (Å²) in [4.78, 5) is 23.3. The summed E-state index contributed by atoms with van der Waals surface area (Å²) in [5.74, 6) is -2.27. The van der Waals surface area contributed by atoms with Crippen molar-refractivity contribution >= 4 is 21.7 Å². The van der Waals surface area contributed by atoms with Crippen LogP contribution in [0.1, 0.15) is 42.2 Å². The molecule has 0 bridgehead atoms. The molecule has 2 aromatic carbocycles. The van der Waals surface area contributed by atoms with E-state index in [0.29, 0.717) is 0 Å². The molecule has 0 aliphatic carbocycles. The predicted octanol–water partition coefficient (Wildman–Crippen LogP) is 2.71. The van der Waals surface area contributed by atoms with Gasteiger partial charge in [0.05, 0.1) is 10.9 Å². The molecular weight excluding hydrogens is 390 g/mol. The summed E-state index contributed by atoms with van der Waals surface area (Å²) in [7, 11) is -3.89. The van der Waals surface area contributed by atoms with Crippen LogP contribution >= 0.6 is 0 Å². The smallest absolute Gasteiger partial charge is 0.240 e. The molecule has 0 aliphatic rings. The van der Waals surface area contributed by atoms with E-state index in [4.69, 9.17) is 0 Å². The van der Waals surface area contributed by atoms with Crippen molar-refractivity contribution in [2.45, 2.75) is 31.2 Å². The molecule has 0 aliphatic heterocycles. The average Bonchev–Trinajstić information content (AvgIpc) is 2.61. The van der Waals surface area contributed by atoms with Crippen LogP contribution in [0.5, 0.6) is 0 Å². The molecule has 1 unspecified atom stereocenters. The highest BCUT2D eigenvalue weighted by atomic mass is 32.2. The van der Waals surface area contributed by atoms with E-state index in [9.17, 15) is 26.8 Å². The lowest BCUT2D eigenvalue weighted by molar-refractivity contribution is -0.121. The monoisotopic (exact) mass is 410 g/mol. The van der Waals surface area contributed by atoms with Crippen molar-refractivity contribution in [3.05, 3.63) is 65.2 Å². The van der Waals surface area contributed by atoms with Gasteiger partial charge in [-0.3, -0.25) is 9.59 Å². The molecule has 0 spiro atoms. The van der Waals surface area contributed by atoms with Crippen molar-refractivity contribution in [1.82, 2.24) is 10.0 Å². The fourth-order valence-electron chi connectivity index (χ4n) is 2.51. The van der Waals surface area contributed by atoms with Crippen molar-refractivity contribution in [2.75, 3.05) is 6.54 Å². The number of rotatable bonds is 8. The van der Waals surface area contributed by atoms with Crippen LogP contribution < -0.4 is 10.0 Å². The fourth-order valence-corrected chi connectivity index (χ4v) is 3.59. The molecule has 0 fully saturated rings. The number of nitrogens with one attached hydrogen (secondary N) is 2. The van der Waals surface area contributed by atoms with Crippen LogP contribution in [0.15, 0.2) is 47.4 Å². The van der Waals surface area contributed by atoms with Gasteiger partial charge >= 0.3 is 0 Å². The molecule has 2 aromatic rings. The van der Waals surface area contributed by atoms with Crippen LogP contribution in [0.2, 0.25) is 0 Å². The van der Waals surface area contributed by atoms with Gasteiger partial charge in [0.2, 0.25) is 15.9 Å². The number of sulfonamides is 1. The molecule has 150 valence electrons. The Labute approximate surface area is 162 Å². The van der Waals surface area contributed by atoms with E-state index >= 15 is 0 Å². The molecule has 0 heterocycles. The molecule has 1 atom stereocenters. The van der Waals surface area contributed by atoms with Gasteiger partial charge in [-0.2, -0.15) is 0 Å². The first-order chi connectivity index (χ1) is 13.1. The summed E-state index contributed by atoms with van der Waals surface area (Å²) >= 11 is 0. The molecule has 0 saturated heterocycles. The first kappa shape index (κ1) is 21.6. The Kier molecular flexibility index (Phi) is 6.98. The Morgan fingerprint density at radius 1 is 1.11 bits per heavy atom. The molecule has 9 heteroatoms. The third-order valence-electron chi connectivity index (χ3n) is 4.00. The highest BCUT2D eigenvalue weighted by molar-refractivity contribution is 7.89. The predicted molar refractivity (Wildman–Crippen MR) is 99.2 cm³/mol. The number of hydrogen-bond acceptors (Lipinski definition) is 4. The quantitative estimate of drug-likeness (QED) is 0.655. The first-order valence-electron chi connectivity index (χ1n) is 8.45. The van der Waals surface area contributed by atoms with Crippen LogP contribution in [0.4, 0.5) is 8.78 Å². The normalized spacial score (nSPS) is 12.4. The molecular formula is C19H20F2N2O4S. The lowest BCUT2D eigenvalue weighted by Gasteiger charge is -2.15. The van der Waals surface area contributed by atoms with Gasteiger partial charge in [0.1, 0.15) is 11.6 Å². The molecule has 28 heavy (non-hydrogen) atoms. The van der Waals surface area contributed by atoms with Crippen LogP contribution in [0, 0.1) is 11.6 Å². The Hall–Kier alpha value is -2.65. The van der Waals surface area contributed by atoms with E-state index in [1.54, 1.807) is 0 Å². The fraction of sp³-hybridized carbons (Fsp3) is 0.263. The van der Waals surface area contributed by atoms with Gasteiger partial charge < -0.3 is 5.32 Å². The maximum atomic E-state index is 13.7. The zero-order valence-corrected chi connectivity index (χ0v) is 16.1. The summed E-state index contributed by atoms with van der Waals surface area (Å²) in [6.45, 7) is 2.68. The van der Waals surface area contributed by atoms with Crippen LogP contribution in [0.25, 0.3) is 0 Å². The van der Waals surface area contributed by atoms with E-state index < -0.39 is 33.6 Å². The van der Waals surface area contributed by atoms with Gasteiger partial charge in [0, 0.05) is 30.2 Å². The van der Waals surface area contributed by atoms with Gasteiger partial charge in [0.15, 0.2) is 5.78 Å². The van der Waals surface area contributed by atoms with Crippen molar-refractivity contribution < 1.29 is 26.8 Å². The zero-order chi connectivity index (χ0) is 20.9. The molecule has 1 amide bonds. The van der Waals surface area contributed by atoms with Crippen molar-refractivity contribution in [1.29, 1.82) is 0 Å². The third-order valence-corrected chi connectivity index (χ3v) is 5.46. The van der Waals surface area contributed by atoms with Crippen LogP contribution in [0.3, 0.4) is 0 Å². The number of Topliss-reactive ketones (excluding diaryl/α,β-unsaturated/α-hetero) is 1. The second-order valence-electron chi connectivity index (χ2n) is 6.19. The summed E-state index contributed by atoms with van der Waals surface area (Å²) in [5, 5.41) is 2.53. The first-order valence-corrected chi connectivity index (χ1v) is 9.93. The van der Waals surface area contributed by atoms with Crippen molar-refractivity contribution in [3.8, 4) is 0 Å². The van der Waals surface area contributed by atoms with Crippen molar-refractivity contribution in [3.63, 3.8) is 0 Å². The Bertz CT molecular complexity index is 993. The van der Waals surface area contributed by atoms with Crippen LogP contribution in [-0.4, -0.2) is 26.7 Å². The topological polar surface area (TPSA) is 92.3 Å². The highest BCUT2D eigenvalue weighted by Gasteiger charge is 2.17. The molecule has 0 aromatic heterocycles. The van der Waals surface area contributed by atoms with E-state index in [-0.39, 0.29) is 34.8 Å². The number of ketones is 1. The minimum absolute atomic E-state index is 0.0811. The Morgan fingerprint density at radius 3 is 2.46 bits per heavy atom. The number of amides is 1. The van der Waals surface area contributed by atoms with Gasteiger partial charge in [0.25, 0.3) is 0 Å². The molecule has 2 rings (SSSR count). The molecule has 0 radical (unpaired) electrons. The zero-order valence-electron chi connectivity index (χ0n) is 15.3. The molecule has 2 N–H and O–H groups in total. The number of benzene rings is 2. The van der Waals surface area contributed by atoms with Crippen molar-refractivity contribution in [2.24, 2.45) is 0 Å². The van der Waals surface area contributed by atoms with Gasteiger partial charge in [-0.1, -0.05) is 18.2 Å². The summed E-state index contributed by atoms with van der Waals surface area (Å²) < 4.78 is 53.5. The summed E-state index contributed by atoms with van der Waals surface area (Å²) in [6.07, 6.45) is -0.182. The Balaban J connectivity index is 1.92. The standard InChI is InChI=1S/C19H20F2N2O4S/c1-12(17-7-6-15(20)11-18(17)21)23-19(25)8-9-22-28(26,27)16-5-3-4-14(10-16)13(2)24/h3-7,10-12,22H,8-9H2,1-2H3,(H,23,25). The maximum absolute atomic E-state index is 13.7. The van der Waals surface area contributed by atoms with E-state index in [2.05, 4.69) is 10.0 Å². The number of hydrogen-bond donors (Lipinski definition) is 2. The number of halogens is 2. The lowest BCUT2D eigenvalue weighted by Crippen LogP contribution is -2.32. The number of carbonyl (C=O) groups excluding carboxylic acids is 2. The minimum atomic E-state index is -3.89. The third kappa shape index (κ3) is 5.67. The Morgan fingerprint density at radius 2 is 1.82 bits per heavy atom. The lowest BCUT2D eigenvalue weighted by atomic mass is 10.1. The van der Waals surface area contributed by atoms with Gasteiger partial charge in [-0.15, -0.1) is 0 Å². The minimum Gasteiger partial charge on any atom is -0.349 e. The van der Waals surface area contributed by atoms with Gasteiger partial charge in [-0.05, 0) is 32.0 Å². The van der Waals surface area contributed by atoms with E-state index in [1.807, 2.05) is 0 Å². The highest BCUT2D eigenvalue weighted by Crippen LogP contribution is 2.17. The van der Waals surface area contributed by atoms with E-state index in [0.717, 1.165) is 12.1 Å².